The Kier molecular flexibility index (Phi) is 7.29. The number of carbonyl (C=O) groups excluding carboxylic acids is 1. The van der Waals surface area contributed by atoms with E-state index in [0.29, 0.717) is 44.8 Å². The van der Waals surface area contributed by atoms with Gasteiger partial charge in [0.2, 0.25) is 5.91 Å². The van der Waals surface area contributed by atoms with Gasteiger partial charge in [-0.15, -0.1) is 11.8 Å². The van der Waals surface area contributed by atoms with Crippen LogP contribution in [0.5, 0.6) is 11.5 Å². The van der Waals surface area contributed by atoms with E-state index < -0.39 is 0 Å². The van der Waals surface area contributed by atoms with Crippen molar-refractivity contribution in [3.63, 3.8) is 0 Å². The van der Waals surface area contributed by atoms with Crippen molar-refractivity contribution in [2.45, 2.75) is 35.6 Å². The Hall–Kier alpha value is -2.91. The molecule has 0 saturated carbocycles. The normalized spacial score (nSPS) is 14.6. The van der Waals surface area contributed by atoms with Crippen LogP contribution in [0, 0.1) is 0 Å². The van der Waals surface area contributed by atoms with E-state index in [2.05, 4.69) is 12.2 Å². The van der Waals surface area contributed by atoms with Crippen LogP contribution in [0.4, 0.5) is 5.69 Å². The second kappa shape index (κ2) is 10.4. The standard InChI is InChI=1S/C24H25N3O4S2/c1-4-31-20-8-6-5-7-18(20)25-21(28)14-32-24-26-19-13-15(2)33-22(19)23(29)27(24)16-9-11-17(30-3)12-10-16/h5-12,15H,4,13-14H2,1-3H3,(H,25,28). The van der Waals surface area contributed by atoms with Crippen LogP contribution < -0.4 is 20.3 Å². The summed E-state index contributed by atoms with van der Waals surface area (Å²) in [5, 5.41) is 3.68. The van der Waals surface area contributed by atoms with E-state index in [1.54, 1.807) is 41.6 Å². The summed E-state index contributed by atoms with van der Waals surface area (Å²) in [7, 11) is 1.60. The maximum Gasteiger partial charge on any atom is 0.272 e. The fourth-order valence-corrected chi connectivity index (χ4v) is 5.45. The molecule has 9 heteroatoms. The van der Waals surface area contributed by atoms with Crippen LogP contribution >= 0.6 is 23.5 Å². The van der Waals surface area contributed by atoms with E-state index in [9.17, 15) is 9.59 Å². The number of aromatic nitrogens is 2. The van der Waals surface area contributed by atoms with Crippen molar-refractivity contribution >= 4 is 35.1 Å². The van der Waals surface area contributed by atoms with Crippen LogP contribution in [0.1, 0.15) is 19.5 Å². The molecule has 0 saturated heterocycles. The molecule has 1 amide bonds. The second-order valence-electron chi connectivity index (χ2n) is 7.41. The Morgan fingerprint density at radius 2 is 2.00 bits per heavy atom. The molecule has 1 atom stereocenters. The molecule has 33 heavy (non-hydrogen) atoms. The van der Waals surface area contributed by atoms with Gasteiger partial charge in [-0.05, 0) is 43.3 Å². The number of ether oxygens (including phenoxy) is 2. The second-order valence-corrected chi connectivity index (χ2v) is 9.80. The van der Waals surface area contributed by atoms with Crippen LogP contribution in [-0.4, -0.2) is 40.2 Å². The molecule has 1 aliphatic rings. The minimum Gasteiger partial charge on any atom is -0.497 e. The highest BCUT2D eigenvalue weighted by Crippen LogP contribution is 2.35. The van der Waals surface area contributed by atoms with Crippen molar-refractivity contribution in [3.05, 3.63) is 64.6 Å². The summed E-state index contributed by atoms with van der Waals surface area (Å²) in [6.45, 7) is 4.48. The number of hydrogen-bond donors (Lipinski definition) is 1. The van der Waals surface area contributed by atoms with Crippen LogP contribution in [0.15, 0.2) is 63.4 Å². The highest BCUT2D eigenvalue weighted by molar-refractivity contribution is 8.00. The van der Waals surface area contributed by atoms with E-state index >= 15 is 0 Å². The molecule has 1 unspecified atom stereocenters. The summed E-state index contributed by atoms with van der Waals surface area (Å²) in [4.78, 5) is 31.6. The van der Waals surface area contributed by atoms with Crippen molar-refractivity contribution in [3.8, 4) is 17.2 Å². The highest BCUT2D eigenvalue weighted by Gasteiger charge is 2.27. The Morgan fingerprint density at radius 3 is 2.73 bits per heavy atom. The molecule has 3 aromatic rings. The third-order valence-electron chi connectivity index (χ3n) is 5.01. The van der Waals surface area contributed by atoms with Crippen LogP contribution in [0.3, 0.4) is 0 Å². The largest absolute Gasteiger partial charge is 0.497 e. The Labute approximate surface area is 200 Å². The molecule has 172 valence electrons. The molecule has 0 aliphatic carbocycles. The van der Waals surface area contributed by atoms with E-state index in [0.717, 1.165) is 12.1 Å². The first-order valence-electron chi connectivity index (χ1n) is 10.6. The first-order chi connectivity index (χ1) is 16.0. The lowest BCUT2D eigenvalue weighted by Gasteiger charge is -2.14. The maximum absolute atomic E-state index is 13.4. The number of hydrogen-bond acceptors (Lipinski definition) is 7. The van der Waals surface area contributed by atoms with E-state index in [-0.39, 0.29) is 17.2 Å². The number of thioether (sulfide) groups is 2. The van der Waals surface area contributed by atoms with Crippen LogP contribution in [0.25, 0.3) is 5.69 Å². The summed E-state index contributed by atoms with van der Waals surface area (Å²) in [5.41, 5.74) is 1.99. The number of nitrogens with zero attached hydrogens (tertiary/aromatic N) is 2. The molecule has 1 aromatic heterocycles. The van der Waals surface area contributed by atoms with Gasteiger partial charge < -0.3 is 14.8 Å². The van der Waals surface area contributed by atoms with Crippen LogP contribution in [0.2, 0.25) is 0 Å². The third kappa shape index (κ3) is 5.20. The van der Waals surface area contributed by atoms with Crippen molar-refractivity contribution in [1.29, 1.82) is 0 Å². The molecule has 0 radical (unpaired) electrons. The van der Waals surface area contributed by atoms with E-state index in [1.807, 2.05) is 37.3 Å². The van der Waals surface area contributed by atoms with Gasteiger partial charge in [0.05, 0.1) is 41.4 Å². The lowest BCUT2D eigenvalue weighted by Crippen LogP contribution is -2.24. The number of fused-ring (bicyclic) bond motifs is 1. The van der Waals surface area contributed by atoms with Gasteiger partial charge >= 0.3 is 0 Å². The molecule has 4 rings (SSSR count). The summed E-state index contributed by atoms with van der Waals surface area (Å²) >= 11 is 2.79. The molecule has 2 heterocycles. The van der Waals surface area contributed by atoms with Gasteiger partial charge in [-0.2, -0.15) is 0 Å². The smallest absolute Gasteiger partial charge is 0.272 e. The zero-order valence-corrected chi connectivity index (χ0v) is 20.3. The number of nitrogens with one attached hydrogen (secondary N) is 1. The summed E-state index contributed by atoms with van der Waals surface area (Å²) < 4.78 is 12.4. The lowest BCUT2D eigenvalue weighted by molar-refractivity contribution is -0.113. The predicted molar refractivity (Wildman–Crippen MR) is 132 cm³/mol. The quantitative estimate of drug-likeness (QED) is 0.375. The molecular formula is C24H25N3O4S2. The lowest BCUT2D eigenvalue weighted by atomic mass is 10.2. The monoisotopic (exact) mass is 483 g/mol. The molecule has 2 aromatic carbocycles. The predicted octanol–water partition coefficient (Wildman–Crippen LogP) is 4.41. The SMILES string of the molecule is CCOc1ccccc1NC(=O)CSc1nc2c(c(=O)n1-c1ccc(OC)cc1)SC(C)C2. The number of carbonyl (C=O) groups is 1. The number of benzene rings is 2. The zero-order chi connectivity index (χ0) is 23.4. The number of para-hydroxylation sites is 2. The fraction of sp³-hybridized carbons (Fsp3) is 0.292. The number of anilines is 1. The molecule has 0 fully saturated rings. The first-order valence-corrected chi connectivity index (χ1v) is 12.5. The van der Waals surface area contributed by atoms with Gasteiger partial charge in [-0.1, -0.05) is 30.8 Å². The molecule has 1 N–H and O–H groups in total. The maximum atomic E-state index is 13.4. The molecule has 7 nitrogen and oxygen atoms in total. The molecule has 0 spiro atoms. The topological polar surface area (TPSA) is 82.5 Å². The zero-order valence-electron chi connectivity index (χ0n) is 18.7. The summed E-state index contributed by atoms with van der Waals surface area (Å²) in [6, 6.07) is 14.6. The summed E-state index contributed by atoms with van der Waals surface area (Å²) in [5.74, 6) is 1.22. The van der Waals surface area contributed by atoms with Crippen molar-refractivity contribution < 1.29 is 14.3 Å². The van der Waals surface area contributed by atoms with E-state index in [1.165, 1.54) is 11.8 Å². The van der Waals surface area contributed by atoms with Gasteiger partial charge in [-0.25, -0.2) is 4.98 Å². The number of methoxy groups -OCH3 is 1. The highest BCUT2D eigenvalue weighted by atomic mass is 32.2. The van der Waals surface area contributed by atoms with Gasteiger partial charge in [0.25, 0.3) is 5.56 Å². The third-order valence-corrected chi connectivity index (χ3v) is 7.16. The van der Waals surface area contributed by atoms with Crippen molar-refractivity contribution in [2.75, 3.05) is 24.8 Å². The van der Waals surface area contributed by atoms with Gasteiger partial charge in [0.1, 0.15) is 11.5 Å². The minimum atomic E-state index is -0.203. The minimum absolute atomic E-state index is 0.102. The Bertz CT molecular complexity index is 1210. The van der Waals surface area contributed by atoms with Gasteiger partial charge in [-0.3, -0.25) is 14.2 Å². The van der Waals surface area contributed by atoms with Crippen LogP contribution in [-0.2, 0) is 11.2 Å². The number of amides is 1. The first kappa shape index (κ1) is 23.3. The van der Waals surface area contributed by atoms with Gasteiger partial charge in [0.15, 0.2) is 5.16 Å². The molecule has 0 bridgehead atoms. The van der Waals surface area contributed by atoms with Crippen molar-refractivity contribution in [1.82, 2.24) is 9.55 Å². The van der Waals surface area contributed by atoms with Gasteiger partial charge in [0, 0.05) is 11.7 Å². The van der Waals surface area contributed by atoms with E-state index in [4.69, 9.17) is 14.5 Å². The Balaban J connectivity index is 1.60. The average Bonchev–Trinajstić information content (AvgIpc) is 3.20. The van der Waals surface area contributed by atoms with Crippen molar-refractivity contribution in [2.24, 2.45) is 0 Å². The molecule has 1 aliphatic heterocycles. The number of rotatable bonds is 8. The Morgan fingerprint density at radius 1 is 1.24 bits per heavy atom. The summed E-state index contributed by atoms with van der Waals surface area (Å²) in [6.07, 6.45) is 0.736. The molecular weight excluding hydrogens is 458 g/mol. The average molecular weight is 484 g/mol. The fourth-order valence-electron chi connectivity index (χ4n) is 3.52.